The highest BCUT2D eigenvalue weighted by atomic mass is 35.7. The van der Waals surface area contributed by atoms with Crippen molar-refractivity contribution >= 4 is 25.6 Å². The maximum Gasteiger partial charge on any atom is 0.264 e. The number of rotatable bonds is 6. The van der Waals surface area contributed by atoms with Crippen LogP contribution in [0.25, 0.3) is 0 Å². The third-order valence-electron chi connectivity index (χ3n) is 2.65. The van der Waals surface area contributed by atoms with E-state index in [1.807, 2.05) is 0 Å². The van der Waals surface area contributed by atoms with Gasteiger partial charge in [-0.25, -0.2) is 8.42 Å². The summed E-state index contributed by atoms with van der Waals surface area (Å²) in [7, 11) is 4.88. The molecule has 0 saturated carbocycles. The van der Waals surface area contributed by atoms with E-state index in [1.165, 1.54) is 11.0 Å². The largest absolute Gasteiger partial charge is 0.492 e. The molecule has 0 atom stereocenters. The minimum Gasteiger partial charge on any atom is -0.492 e. The molecule has 0 aromatic heterocycles. The third-order valence-corrected chi connectivity index (χ3v) is 4.00. The summed E-state index contributed by atoms with van der Waals surface area (Å²) in [6.07, 6.45) is 0.856. The first kappa shape index (κ1) is 16.8. The zero-order valence-corrected chi connectivity index (χ0v) is 13.3. The molecule has 0 spiro atoms. The van der Waals surface area contributed by atoms with Gasteiger partial charge in [0.05, 0.1) is 6.61 Å². The number of amides is 1. The first-order valence-corrected chi connectivity index (χ1v) is 8.41. The number of carbonyl (C=O) groups is 1. The van der Waals surface area contributed by atoms with Gasteiger partial charge in [0, 0.05) is 31.2 Å². The van der Waals surface area contributed by atoms with Gasteiger partial charge in [-0.3, -0.25) is 4.79 Å². The van der Waals surface area contributed by atoms with Crippen LogP contribution in [0.3, 0.4) is 0 Å². The predicted octanol–water partition coefficient (Wildman–Crippen LogP) is 2.17. The Hall–Kier alpha value is -1.27. The van der Waals surface area contributed by atoms with Gasteiger partial charge in [-0.2, -0.15) is 0 Å². The van der Waals surface area contributed by atoms with E-state index in [9.17, 15) is 13.2 Å². The van der Waals surface area contributed by atoms with Crippen molar-refractivity contribution in [2.45, 2.75) is 24.7 Å². The standard InChI is InChI=1S/C13H18ClNO4S/c1-10-6-7-11(12(9-10)20(14,17)18)19-8-4-5-13(16)15(2)3/h6-7,9H,4-5,8H2,1-3H3. The highest BCUT2D eigenvalue weighted by Crippen LogP contribution is 2.28. The van der Waals surface area contributed by atoms with Gasteiger partial charge in [0.25, 0.3) is 9.05 Å². The summed E-state index contributed by atoms with van der Waals surface area (Å²) in [6, 6.07) is 4.77. The van der Waals surface area contributed by atoms with Crippen LogP contribution in [0.15, 0.2) is 23.1 Å². The minimum atomic E-state index is -3.85. The van der Waals surface area contributed by atoms with Crippen molar-refractivity contribution in [1.29, 1.82) is 0 Å². The number of ether oxygens (including phenoxy) is 1. The molecule has 0 aliphatic carbocycles. The van der Waals surface area contributed by atoms with Crippen molar-refractivity contribution in [3.8, 4) is 5.75 Å². The Morgan fingerprint density at radius 3 is 2.55 bits per heavy atom. The minimum absolute atomic E-state index is 0.00249. The monoisotopic (exact) mass is 319 g/mol. The van der Waals surface area contributed by atoms with Gasteiger partial charge in [0.1, 0.15) is 10.6 Å². The molecule has 20 heavy (non-hydrogen) atoms. The van der Waals surface area contributed by atoms with Crippen LogP contribution in [0.1, 0.15) is 18.4 Å². The first-order valence-electron chi connectivity index (χ1n) is 6.10. The fourth-order valence-corrected chi connectivity index (χ4v) is 2.61. The Morgan fingerprint density at radius 2 is 2.00 bits per heavy atom. The molecule has 0 N–H and O–H groups in total. The van der Waals surface area contributed by atoms with E-state index in [-0.39, 0.29) is 23.2 Å². The lowest BCUT2D eigenvalue weighted by atomic mass is 10.2. The summed E-state index contributed by atoms with van der Waals surface area (Å²) in [5.41, 5.74) is 0.777. The van der Waals surface area contributed by atoms with E-state index in [4.69, 9.17) is 15.4 Å². The molecule has 0 radical (unpaired) electrons. The van der Waals surface area contributed by atoms with Crippen LogP contribution in [-0.4, -0.2) is 39.9 Å². The van der Waals surface area contributed by atoms with Crippen molar-refractivity contribution in [2.75, 3.05) is 20.7 Å². The quantitative estimate of drug-likeness (QED) is 0.595. The van der Waals surface area contributed by atoms with Crippen LogP contribution in [0.4, 0.5) is 0 Å². The Morgan fingerprint density at radius 1 is 1.35 bits per heavy atom. The van der Waals surface area contributed by atoms with E-state index in [0.29, 0.717) is 12.8 Å². The zero-order chi connectivity index (χ0) is 15.3. The van der Waals surface area contributed by atoms with Crippen molar-refractivity contribution < 1.29 is 17.9 Å². The summed E-state index contributed by atoms with van der Waals surface area (Å²) in [6.45, 7) is 2.02. The van der Waals surface area contributed by atoms with Crippen LogP contribution in [0, 0.1) is 6.92 Å². The molecule has 5 nitrogen and oxygen atoms in total. The number of hydrogen-bond acceptors (Lipinski definition) is 4. The molecule has 7 heteroatoms. The fourth-order valence-electron chi connectivity index (χ4n) is 1.55. The second-order valence-electron chi connectivity index (χ2n) is 4.63. The van der Waals surface area contributed by atoms with Crippen molar-refractivity contribution in [2.24, 2.45) is 0 Å². The van der Waals surface area contributed by atoms with Gasteiger partial charge >= 0.3 is 0 Å². The predicted molar refractivity (Wildman–Crippen MR) is 77.6 cm³/mol. The van der Waals surface area contributed by atoms with E-state index in [0.717, 1.165) is 5.56 Å². The Labute approximate surface area is 123 Å². The van der Waals surface area contributed by atoms with E-state index in [2.05, 4.69) is 0 Å². The van der Waals surface area contributed by atoms with Crippen molar-refractivity contribution in [3.63, 3.8) is 0 Å². The Balaban J connectivity index is 2.67. The second-order valence-corrected chi connectivity index (χ2v) is 7.16. The highest BCUT2D eigenvalue weighted by molar-refractivity contribution is 8.13. The molecule has 112 valence electrons. The van der Waals surface area contributed by atoms with Gasteiger partial charge in [-0.15, -0.1) is 0 Å². The number of hydrogen-bond donors (Lipinski definition) is 0. The molecule has 0 fully saturated rings. The topological polar surface area (TPSA) is 63.7 Å². The summed E-state index contributed by atoms with van der Waals surface area (Å²) in [4.78, 5) is 12.8. The maximum atomic E-state index is 11.5. The van der Waals surface area contributed by atoms with Crippen LogP contribution in [0.5, 0.6) is 5.75 Å². The van der Waals surface area contributed by atoms with Crippen molar-refractivity contribution in [1.82, 2.24) is 4.90 Å². The van der Waals surface area contributed by atoms with Gasteiger partial charge in [-0.1, -0.05) is 6.07 Å². The number of halogens is 1. The molecule has 0 aliphatic heterocycles. The number of carbonyl (C=O) groups excluding carboxylic acids is 1. The Kier molecular flexibility index (Phi) is 5.83. The molecule has 0 heterocycles. The molecule has 0 bridgehead atoms. The van der Waals surface area contributed by atoms with E-state index >= 15 is 0 Å². The maximum absolute atomic E-state index is 11.5. The average molecular weight is 320 g/mol. The molecule has 0 aliphatic rings. The van der Waals surface area contributed by atoms with Gasteiger partial charge in [0.15, 0.2) is 0 Å². The summed E-state index contributed by atoms with van der Waals surface area (Å²) < 4.78 is 28.3. The van der Waals surface area contributed by atoms with Gasteiger partial charge < -0.3 is 9.64 Å². The number of nitrogens with zero attached hydrogens (tertiary/aromatic N) is 1. The molecular formula is C13H18ClNO4S. The second kappa shape index (κ2) is 6.95. The molecule has 1 aromatic rings. The van der Waals surface area contributed by atoms with Crippen LogP contribution >= 0.6 is 10.7 Å². The SMILES string of the molecule is Cc1ccc(OCCCC(=O)N(C)C)c(S(=O)(=O)Cl)c1. The van der Waals surface area contributed by atoms with Crippen LogP contribution in [-0.2, 0) is 13.8 Å². The lowest BCUT2D eigenvalue weighted by Gasteiger charge is -2.12. The van der Waals surface area contributed by atoms with E-state index in [1.54, 1.807) is 33.2 Å². The number of aryl methyl sites for hydroxylation is 1. The molecule has 0 saturated heterocycles. The normalized spacial score (nSPS) is 11.2. The Bertz CT molecular complexity index is 584. The third kappa shape index (κ3) is 5.02. The highest BCUT2D eigenvalue weighted by Gasteiger charge is 2.17. The lowest BCUT2D eigenvalue weighted by molar-refractivity contribution is -0.128. The summed E-state index contributed by atoms with van der Waals surface area (Å²) >= 11 is 0. The van der Waals surface area contributed by atoms with Crippen LogP contribution in [0.2, 0.25) is 0 Å². The smallest absolute Gasteiger partial charge is 0.264 e. The molecule has 1 aromatic carbocycles. The summed E-state index contributed by atoms with van der Waals surface area (Å²) in [5.74, 6) is 0.214. The molecular weight excluding hydrogens is 302 g/mol. The van der Waals surface area contributed by atoms with E-state index < -0.39 is 9.05 Å². The zero-order valence-electron chi connectivity index (χ0n) is 11.7. The molecule has 1 amide bonds. The first-order chi connectivity index (χ1) is 9.21. The average Bonchev–Trinajstić information content (AvgIpc) is 2.34. The van der Waals surface area contributed by atoms with Crippen LogP contribution < -0.4 is 4.74 Å². The molecule has 1 rings (SSSR count). The van der Waals surface area contributed by atoms with Gasteiger partial charge in [-0.05, 0) is 31.0 Å². The molecule has 0 unspecified atom stereocenters. The van der Waals surface area contributed by atoms with Crippen molar-refractivity contribution in [3.05, 3.63) is 23.8 Å². The fraction of sp³-hybridized carbons (Fsp3) is 0.462. The summed E-state index contributed by atoms with van der Waals surface area (Å²) in [5, 5.41) is 0. The lowest BCUT2D eigenvalue weighted by Crippen LogP contribution is -2.21. The number of benzene rings is 1. The van der Waals surface area contributed by atoms with Gasteiger partial charge in [0.2, 0.25) is 5.91 Å².